The van der Waals surface area contributed by atoms with Crippen LogP contribution in [0.3, 0.4) is 0 Å². The topological polar surface area (TPSA) is 69.3 Å². The van der Waals surface area contributed by atoms with Crippen LogP contribution in [-0.2, 0) is 22.6 Å². The van der Waals surface area contributed by atoms with Gasteiger partial charge < -0.3 is 9.80 Å². The molecule has 31 heavy (non-hydrogen) atoms. The number of carbonyl (C=O) groups excluding carboxylic acids is 2. The van der Waals surface area contributed by atoms with E-state index in [1.165, 1.54) is 0 Å². The lowest BCUT2D eigenvalue weighted by atomic mass is 9.99. The predicted molar refractivity (Wildman–Crippen MR) is 120 cm³/mol. The van der Waals surface area contributed by atoms with Crippen molar-refractivity contribution in [1.29, 1.82) is 0 Å². The Balaban J connectivity index is 1.34. The normalized spacial score (nSPS) is 18.4. The van der Waals surface area contributed by atoms with Gasteiger partial charge in [-0.15, -0.1) is 0 Å². The molecule has 1 fully saturated rings. The largest absolute Gasteiger partial charge is 0.338 e. The van der Waals surface area contributed by atoms with Gasteiger partial charge in [-0.3, -0.25) is 14.7 Å². The summed E-state index contributed by atoms with van der Waals surface area (Å²) in [5.74, 6) is -0.388. The third-order valence-corrected chi connectivity index (χ3v) is 6.44. The molecule has 5 rings (SSSR count). The van der Waals surface area contributed by atoms with Gasteiger partial charge in [0.25, 0.3) is 0 Å². The first-order valence-electron chi connectivity index (χ1n) is 10.2. The van der Waals surface area contributed by atoms with Crippen LogP contribution >= 0.6 is 23.2 Å². The van der Waals surface area contributed by atoms with Crippen molar-refractivity contribution in [2.75, 3.05) is 18.0 Å². The van der Waals surface area contributed by atoms with E-state index in [4.69, 9.17) is 23.2 Å². The lowest BCUT2D eigenvalue weighted by Gasteiger charge is -2.29. The molecule has 0 saturated carbocycles. The van der Waals surface area contributed by atoms with E-state index in [9.17, 15) is 9.59 Å². The summed E-state index contributed by atoms with van der Waals surface area (Å²) in [6, 6.07) is 14.7. The van der Waals surface area contributed by atoms with E-state index in [1.54, 1.807) is 17.0 Å². The minimum absolute atomic E-state index is 0.00806. The molecule has 1 aromatic heterocycles. The van der Waals surface area contributed by atoms with Crippen LogP contribution in [0, 0.1) is 5.92 Å². The zero-order chi connectivity index (χ0) is 21.5. The molecule has 158 valence electrons. The maximum atomic E-state index is 13.3. The highest BCUT2D eigenvalue weighted by atomic mass is 35.5. The highest BCUT2D eigenvalue weighted by molar-refractivity contribution is 6.31. The van der Waals surface area contributed by atoms with Crippen molar-refractivity contribution in [3.05, 3.63) is 69.8 Å². The van der Waals surface area contributed by atoms with Crippen LogP contribution < -0.4 is 4.90 Å². The predicted octanol–water partition coefficient (Wildman–Crippen LogP) is 4.32. The van der Waals surface area contributed by atoms with E-state index in [1.807, 2.05) is 41.3 Å². The first-order chi connectivity index (χ1) is 15.0. The van der Waals surface area contributed by atoms with Crippen LogP contribution in [0.25, 0.3) is 11.3 Å². The Labute approximate surface area is 189 Å². The van der Waals surface area contributed by atoms with Crippen molar-refractivity contribution in [2.24, 2.45) is 5.92 Å². The molecule has 8 heteroatoms. The molecule has 2 aliphatic rings. The number of hydrogen-bond donors (Lipinski definition) is 1. The third kappa shape index (κ3) is 3.82. The lowest BCUT2D eigenvalue weighted by molar-refractivity contribution is -0.136. The van der Waals surface area contributed by atoms with Gasteiger partial charge in [0.2, 0.25) is 11.8 Å². The molecule has 0 bridgehead atoms. The number of nitrogens with zero attached hydrogens (tertiary/aromatic N) is 3. The average Bonchev–Trinajstić information content (AvgIpc) is 3.37. The zero-order valence-electron chi connectivity index (χ0n) is 16.6. The highest BCUT2D eigenvalue weighted by Gasteiger charge is 2.38. The molecule has 2 amide bonds. The van der Waals surface area contributed by atoms with Crippen LogP contribution in [0.1, 0.15) is 17.7 Å². The standard InChI is InChI=1S/C23H20Cl2N4O2/c24-16-4-6-18(7-5-16)29-12-15(11-21(29)30)23(31)28-9-8-20-19(13-28)22(27-26-20)14-2-1-3-17(25)10-14/h1-7,10,15H,8-9,11-13H2,(H,26,27). The summed E-state index contributed by atoms with van der Waals surface area (Å²) in [5, 5.41) is 8.84. The molecule has 6 nitrogen and oxygen atoms in total. The van der Waals surface area contributed by atoms with Gasteiger partial charge in [-0.25, -0.2) is 0 Å². The molecular weight excluding hydrogens is 435 g/mol. The first-order valence-corrected chi connectivity index (χ1v) is 10.9. The van der Waals surface area contributed by atoms with Crippen molar-refractivity contribution in [1.82, 2.24) is 15.1 Å². The summed E-state index contributed by atoms with van der Waals surface area (Å²) in [5.41, 5.74) is 4.57. The molecule has 0 aliphatic carbocycles. The second-order valence-corrected chi connectivity index (χ2v) is 8.80. The number of halogens is 2. The summed E-state index contributed by atoms with van der Waals surface area (Å²) in [7, 11) is 0. The number of aromatic nitrogens is 2. The summed E-state index contributed by atoms with van der Waals surface area (Å²) < 4.78 is 0. The van der Waals surface area contributed by atoms with Crippen LogP contribution in [-0.4, -0.2) is 40.0 Å². The van der Waals surface area contributed by atoms with Crippen molar-refractivity contribution in [3.63, 3.8) is 0 Å². The molecule has 1 saturated heterocycles. The highest BCUT2D eigenvalue weighted by Crippen LogP contribution is 2.32. The number of amides is 2. The number of nitrogens with one attached hydrogen (secondary N) is 1. The third-order valence-electron chi connectivity index (χ3n) is 5.96. The number of H-pyrrole nitrogens is 1. The van der Waals surface area contributed by atoms with Gasteiger partial charge in [0.15, 0.2) is 0 Å². The Morgan fingerprint density at radius 2 is 1.90 bits per heavy atom. The Morgan fingerprint density at radius 3 is 2.68 bits per heavy atom. The summed E-state index contributed by atoms with van der Waals surface area (Å²) in [4.78, 5) is 29.4. The van der Waals surface area contributed by atoms with Crippen molar-refractivity contribution < 1.29 is 9.59 Å². The quantitative estimate of drug-likeness (QED) is 0.640. The smallest absolute Gasteiger partial charge is 0.228 e. The fourth-order valence-electron chi connectivity index (χ4n) is 4.36. The Kier molecular flexibility index (Phi) is 5.20. The summed E-state index contributed by atoms with van der Waals surface area (Å²) in [6.07, 6.45) is 0.924. The van der Waals surface area contributed by atoms with Gasteiger partial charge >= 0.3 is 0 Å². The number of benzene rings is 2. The van der Waals surface area contributed by atoms with E-state index >= 15 is 0 Å². The molecule has 3 aromatic rings. The lowest BCUT2D eigenvalue weighted by Crippen LogP contribution is -2.40. The Morgan fingerprint density at radius 1 is 1.10 bits per heavy atom. The van der Waals surface area contributed by atoms with Crippen molar-refractivity contribution >= 4 is 40.7 Å². The molecule has 0 radical (unpaired) electrons. The van der Waals surface area contributed by atoms with Gasteiger partial charge in [0.05, 0.1) is 11.6 Å². The SMILES string of the molecule is O=C(C1CC(=O)N(c2ccc(Cl)cc2)C1)N1CCc2[nH]nc(-c3cccc(Cl)c3)c2C1. The van der Waals surface area contributed by atoms with Crippen LogP contribution in [0.2, 0.25) is 10.0 Å². The minimum Gasteiger partial charge on any atom is -0.338 e. The second kappa shape index (κ2) is 8.02. The number of anilines is 1. The fraction of sp³-hybridized carbons (Fsp3) is 0.261. The average molecular weight is 455 g/mol. The van der Waals surface area contributed by atoms with E-state index in [2.05, 4.69) is 10.2 Å². The van der Waals surface area contributed by atoms with Gasteiger partial charge in [0.1, 0.15) is 0 Å². The summed E-state index contributed by atoms with van der Waals surface area (Å²) >= 11 is 12.1. The monoisotopic (exact) mass is 454 g/mol. The zero-order valence-corrected chi connectivity index (χ0v) is 18.2. The van der Waals surface area contributed by atoms with Gasteiger partial charge in [-0.1, -0.05) is 35.3 Å². The van der Waals surface area contributed by atoms with Crippen LogP contribution in [0.5, 0.6) is 0 Å². The molecule has 1 N–H and O–H groups in total. The number of carbonyl (C=O) groups is 2. The number of fused-ring (bicyclic) bond motifs is 1. The van der Waals surface area contributed by atoms with E-state index < -0.39 is 0 Å². The number of rotatable bonds is 3. The second-order valence-electron chi connectivity index (χ2n) is 7.93. The van der Waals surface area contributed by atoms with E-state index in [0.29, 0.717) is 36.1 Å². The summed E-state index contributed by atoms with van der Waals surface area (Å²) in [6.45, 7) is 1.46. The molecule has 3 heterocycles. The van der Waals surface area contributed by atoms with Crippen LogP contribution in [0.4, 0.5) is 5.69 Å². The maximum absolute atomic E-state index is 13.3. The molecule has 1 atom stereocenters. The molecule has 0 spiro atoms. The van der Waals surface area contributed by atoms with Crippen LogP contribution in [0.15, 0.2) is 48.5 Å². The Hall–Kier alpha value is -2.83. The van der Waals surface area contributed by atoms with E-state index in [-0.39, 0.29) is 24.2 Å². The van der Waals surface area contributed by atoms with Gasteiger partial charge in [-0.2, -0.15) is 5.10 Å². The number of hydrogen-bond acceptors (Lipinski definition) is 3. The maximum Gasteiger partial charge on any atom is 0.228 e. The fourth-order valence-corrected chi connectivity index (χ4v) is 4.68. The van der Waals surface area contributed by atoms with Crippen molar-refractivity contribution in [3.8, 4) is 11.3 Å². The Bertz CT molecular complexity index is 1160. The van der Waals surface area contributed by atoms with Crippen molar-refractivity contribution in [2.45, 2.75) is 19.4 Å². The molecular formula is C23H20Cl2N4O2. The van der Waals surface area contributed by atoms with Gasteiger partial charge in [0, 0.05) is 65.0 Å². The first kappa shape index (κ1) is 20.1. The van der Waals surface area contributed by atoms with E-state index in [0.717, 1.165) is 28.2 Å². The van der Waals surface area contributed by atoms with Gasteiger partial charge in [-0.05, 0) is 36.4 Å². The molecule has 2 aliphatic heterocycles. The molecule has 1 unspecified atom stereocenters. The number of aromatic amines is 1. The molecule has 2 aromatic carbocycles. The minimum atomic E-state index is -0.355.